The fourth-order valence-electron chi connectivity index (χ4n) is 2.71. The third-order valence-electron chi connectivity index (χ3n) is 4.15. The lowest BCUT2D eigenvalue weighted by molar-refractivity contribution is -0.145. The summed E-state index contributed by atoms with van der Waals surface area (Å²) in [5, 5.41) is 12.6. The van der Waals surface area contributed by atoms with Crippen molar-refractivity contribution < 1.29 is 9.90 Å². The SMILES string of the molecule is CCCCC(CCN1CCCCC1)(NC)C(=O)O.Cl.Cl. The van der Waals surface area contributed by atoms with Gasteiger partial charge in [-0.15, -0.1) is 24.8 Å². The molecule has 6 heteroatoms. The molecule has 0 spiro atoms. The second-order valence-electron chi connectivity index (χ2n) is 5.39. The van der Waals surface area contributed by atoms with E-state index < -0.39 is 11.5 Å². The highest BCUT2D eigenvalue weighted by atomic mass is 35.5. The van der Waals surface area contributed by atoms with Crippen LogP contribution in [0.3, 0.4) is 0 Å². The van der Waals surface area contributed by atoms with Crippen molar-refractivity contribution in [2.75, 3.05) is 26.7 Å². The molecule has 0 radical (unpaired) electrons. The van der Waals surface area contributed by atoms with Gasteiger partial charge in [-0.3, -0.25) is 4.79 Å². The first kappa shape index (κ1) is 22.3. The van der Waals surface area contributed by atoms with Crippen molar-refractivity contribution in [2.24, 2.45) is 0 Å². The third-order valence-corrected chi connectivity index (χ3v) is 4.15. The number of carboxylic acid groups (broad SMARTS) is 1. The molecule has 1 fully saturated rings. The summed E-state index contributed by atoms with van der Waals surface area (Å²) in [4.78, 5) is 14.0. The van der Waals surface area contributed by atoms with Crippen molar-refractivity contribution in [2.45, 2.75) is 57.4 Å². The zero-order chi connectivity index (χ0) is 13.4. The van der Waals surface area contributed by atoms with Crippen LogP contribution in [-0.2, 0) is 4.79 Å². The topological polar surface area (TPSA) is 52.6 Å². The Morgan fingerprint density at radius 2 is 1.80 bits per heavy atom. The highest BCUT2D eigenvalue weighted by molar-refractivity contribution is 5.85. The number of piperidine rings is 1. The zero-order valence-corrected chi connectivity index (χ0v) is 14.3. The molecule has 1 atom stereocenters. The molecule has 0 saturated carbocycles. The molecule has 1 saturated heterocycles. The first-order valence-electron chi connectivity index (χ1n) is 7.29. The lowest BCUT2D eigenvalue weighted by atomic mass is 9.88. The lowest BCUT2D eigenvalue weighted by Crippen LogP contribution is -2.52. The molecule has 0 aromatic rings. The molecule has 2 N–H and O–H groups in total. The molecule has 1 unspecified atom stereocenters. The standard InChI is InChI=1S/C14H28N2O2.2ClH/c1-3-4-8-14(15-2,13(17)18)9-12-16-10-6-5-7-11-16;;/h15H,3-12H2,1-2H3,(H,17,18);2*1H. The van der Waals surface area contributed by atoms with E-state index in [0.29, 0.717) is 6.42 Å². The fourth-order valence-corrected chi connectivity index (χ4v) is 2.71. The minimum atomic E-state index is -0.729. The van der Waals surface area contributed by atoms with E-state index in [-0.39, 0.29) is 24.8 Å². The van der Waals surface area contributed by atoms with E-state index in [0.717, 1.165) is 38.9 Å². The highest BCUT2D eigenvalue weighted by Gasteiger charge is 2.36. The van der Waals surface area contributed by atoms with Gasteiger partial charge in [-0.25, -0.2) is 0 Å². The molecule has 1 aliphatic rings. The molecule has 0 aliphatic carbocycles. The smallest absolute Gasteiger partial charge is 0.323 e. The molecule has 0 aromatic carbocycles. The van der Waals surface area contributed by atoms with E-state index in [2.05, 4.69) is 17.1 Å². The van der Waals surface area contributed by atoms with Crippen LogP contribution in [-0.4, -0.2) is 48.2 Å². The van der Waals surface area contributed by atoms with Crippen molar-refractivity contribution in [3.8, 4) is 0 Å². The van der Waals surface area contributed by atoms with Crippen molar-refractivity contribution in [1.29, 1.82) is 0 Å². The Morgan fingerprint density at radius 1 is 1.20 bits per heavy atom. The van der Waals surface area contributed by atoms with Crippen LogP contribution in [0.2, 0.25) is 0 Å². The predicted octanol–water partition coefficient (Wildman–Crippen LogP) is 2.94. The Balaban J connectivity index is 0. The Hall–Kier alpha value is -0.0300. The zero-order valence-electron chi connectivity index (χ0n) is 12.7. The maximum Gasteiger partial charge on any atom is 0.323 e. The van der Waals surface area contributed by atoms with Gasteiger partial charge in [-0.2, -0.15) is 0 Å². The molecule has 0 bridgehead atoms. The Kier molecular flexibility index (Phi) is 12.9. The van der Waals surface area contributed by atoms with Crippen LogP contribution in [0.25, 0.3) is 0 Å². The molecular weight excluding hydrogens is 299 g/mol. The van der Waals surface area contributed by atoms with E-state index in [1.54, 1.807) is 7.05 Å². The number of nitrogens with zero attached hydrogens (tertiary/aromatic N) is 1. The number of likely N-dealkylation sites (tertiary alicyclic amines) is 1. The van der Waals surface area contributed by atoms with Crippen LogP contribution in [0, 0.1) is 0 Å². The number of unbranched alkanes of at least 4 members (excludes halogenated alkanes) is 1. The molecule has 1 aliphatic heterocycles. The number of aliphatic carboxylic acids is 1. The Labute approximate surface area is 135 Å². The lowest BCUT2D eigenvalue weighted by Gasteiger charge is -2.33. The van der Waals surface area contributed by atoms with Crippen LogP contribution in [0.1, 0.15) is 51.9 Å². The Bertz CT molecular complexity index is 262. The number of rotatable bonds is 8. The van der Waals surface area contributed by atoms with Crippen LogP contribution < -0.4 is 5.32 Å². The van der Waals surface area contributed by atoms with E-state index >= 15 is 0 Å². The minimum Gasteiger partial charge on any atom is -0.480 e. The highest BCUT2D eigenvalue weighted by Crippen LogP contribution is 2.21. The second kappa shape index (κ2) is 11.6. The summed E-state index contributed by atoms with van der Waals surface area (Å²) in [6.45, 7) is 5.27. The molecule has 1 heterocycles. The predicted molar refractivity (Wildman–Crippen MR) is 88.4 cm³/mol. The van der Waals surface area contributed by atoms with E-state index in [1.165, 1.54) is 19.3 Å². The molecule has 20 heavy (non-hydrogen) atoms. The van der Waals surface area contributed by atoms with Gasteiger partial charge in [-0.1, -0.05) is 26.2 Å². The molecule has 0 aromatic heterocycles. The largest absolute Gasteiger partial charge is 0.480 e. The number of hydrogen-bond acceptors (Lipinski definition) is 3. The molecular formula is C14H30Cl2N2O2. The fraction of sp³-hybridized carbons (Fsp3) is 0.929. The average Bonchev–Trinajstić information content (AvgIpc) is 2.40. The maximum atomic E-state index is 11.6. The van der Waals surface area contributed by atoms with Crippen LogP contribution >= 0.6 is 24.8 Å². The first-order valence-corrected chi connectivity index (χ1v) is 7.29. The molecule has 122 valence electrons. The van der Waals surface area contributed by atoms with Crippen LogP contribution in [0.15, 0.2) is 0 Å². The van der Waals surface area contributed by atoms with Crippen LogP contribution in [0.5, 0.6) is 0 Å². The van der Waals surface area contributed by atoms with E-state index in [9.17, 15) is 9.90 Å². The van der Waals surface area contributed by atoms with Gasteiger partial charge in [0.25, 0.3) is 0 Å². The average molecular weight is 329 g/mol. The van der Waals surface area contributed by atoms with Crippen molar-refractivity contribution >= 4 is 30.8 Å². The summed E-state index contributed by atoms with van der Waals surface area (Å²) in [5.74, 6) is -0.699. The van der Waals surface area contributed by atoms with Gasteiger partial charge in [0.1, 0.15) is 5.54 Å². The van der Waals surface area contributed by atoms with Gasteiger partial charge >= 0.3 is 5.97 Å². The summed E-state index contributed by atoms with van der Waals surface area (Å²) in [6, 6.07) is 0. The molecule has 0 amide bonds. The second-order valence-corrected chi connectivity index (χ2v) is 5.39. The maximum absolute atomic E-state index is 11.6. The van der Waals surface area contributed by atoms with Gasteiger partial charge in [0.2, 0.25) is 0 Å². The summed E-state index contributed by atoms with van der Waals surface area (Å²) < 4.78 is 0. The number of carbonyl (C=O) groups is 1. The van der Waals surface area contributed by atoms with Crippen molar-refractivity contribution in [1.82, 2.24) is 10.2 Å². The number of halogens is 2. The van der Waals surface area contributed by atoms with Gasteiger partial charge < -0.3 is 15.3 Å². The summed E-state index contributed by atoms with van der Waals surface area (Å²) in [6.07, 6.45) is 7.28. The molecule has 1 rings (SSSR count). The normalized spacial score (nSPS) is 18.5. The summed E-state index contributed by atoms with van der Waals surface area (Å²) in [7, 11) is 1.78. The van der Waals surface area contributed by atoms with E-state index in [1.807, 2.05) is 0 Å². The first-order chi connectivity index (χ1) is 8.64. The van der Waals surface area contributed by atoms with Crippen LogP contribution in [0.4, 0.5) is 0 Å². The van der Waals surface area contributed by atoms with Gasteiger partial charge in [0.15, 0.2) is 0 Å². The number of likely N-dealkylation sites (N-methyl/N-ethyl adjacent to an activating group) is 1. The quantitative estimate of drug-likeness (QED) is 0.719. The van der Waals surface area contributed by atoms with E-state index in [4.69, 9.17) is 0 Å². The summed E-state index contributed by atoms with van der Waals surface area (Å²) >= 11 is 0. The van der Waals surface area contributed by atoms with Crippen molar-refractivity contribution in [3.05, 3.63) is 0 Å². The number of nitrogens with one attached hydrogen (secondary N) is 1. The summed E-state index contributed by atoms with van der Waals surface area (Å²) in [5.41, 5.74) is -0.729. The van der Waals surface area contributed by atoms with Gasteiger partial charge in [-0.05, 0) is 45.8 Å². The Morgan fingerprint density at radius 3 is 2.25 bits per heavy atom. The van der Waals surface area contributed by atoms with Crippen molar-refractivity contribution in [3.63, 3.8) is 0 Å². The third kappa shape index (κ3) is 6.61. The van der Waals surface area contributed by atoms with Gasteiger partial charge in [0.05, 0.1) is 0 Å². The number of carboxylic acids is 1. The minimum absolute atomic E-state index is 0. The number of hydrogen-bond donors (Lipinski definition) is 2. The van der Waals surface area contributed by atoms with Gasteiger partial charge in [0, 0.05) is 6.54 Å². The monoisotopic (exact) mass is 328 g/mol. The molecule has 4 nitrogen and oxygen atoms in total.